The van der Waals surface area contributed by atoms with Crippen molar-refractivity contribution >= 4 is 17.8 Å². The molecule has 0 heterocycles. The minimum absolute atomic E-state index is 0.103. The van der Waals surface area contributed by atoms with Gasteiger partial charge >= 0.3 is 0 Å². The van der Waals surface area contributed by atoms with Gasteiger partial charge in [-0.05, 0) is 31.0 Å². The molecule has 2 rings (SSSR count). The highest BCUT2D eigenvalue weighted by molar-refractivity contribution is 6.02. The number of carbonyl (C=O) groups excluding carboxylic acids is 1. The molecule has 102 valence electrons. The molecular formula is C17H18N2O. The number of nitrogens with zero attached hydrogens (tertiary/aromatic N) is 1. The van der Waals surface area contributed by atoms with Crippen LogP contribution in [0.5, 0.6) is 0 Å². The number of nitrogens with one attached hydrogen (secondary N) is 1. The van der Waals surface area contributed by atoms with E-state index in [0.29, 0.717) is 5.56 Å². The molecule has 0 spiro atoms. The average Bonchev–Trinajstić information content (AvgIpc) is 2.46. The minimum atomic E-state index is -0.103. The van der Waals surface area contributed by atoms with E-state index < -0.39 is 0 Å². The summed E-state index contributed by atoms with van der Waals surface area (Å²) in [6.07, 6.45) is 1.75. The third-order valence-electron chi connectivity index (χ3n) is 3.20. The monoisotopic (exact) mass is 266 g/mol. The van der Waals surface area contributed by atoms with E-state index in [-0.39, 0.29) is 5.91 Å². The van der Waals surface area contributed by atoms with Crippen LogP contribution in [0.1, 0.15) is 27.0 Å². The molecule has 0 fully saturated rings. The largest absolute Gasteiger partial charge is 0.355 e. The second kappa shape index (κ2) is 6.15. The number of aliphatic imine (C=N–C) groups is 1. The number of para-hydroxylation sites is 1. The highest BCUT2D eigenvalue weighted by Crippen LogP contribution is 2.23. The van der Waals surface area contributed by atoms with Crippen molar-refractivity contribution in [1.29, 1.82) is 0 Å². The van der Waals surface area contributed by atoms with Crippen LogP contribution in [0.2, 0.25) is 0 Å². The molecule has 0 aliphatic rings. The Morgan fingerprint density at radius 1 is 1.05 bits per heavy atom. The molecule has 0 radical (unpaired) electrons. The fourth-order valence-corrected chi connectivity index (χ4v) is 2.09. The highest BCUT2D eigenvalue weighted by atomic mass is 16.1. The van der Waals surface area contributed by atoms with Gasteiger partial charge in [0.05, 0.1) is 5.69 Å². The van der Waals surface area contributed by atoms with E-state index in [2.05, 4.69) is 10.3 Å². The second-order valence-electron chi connectivity index (χ2n) is 4.66. The number of aryl methyl sites for hydroxylation is 2. The summed E-state index contributed by atoms with van der Waals surface area (Å²) in [7, 11) is 1.63. The lowest BCUT2D eigenvalue weighted by Gasteiger charge is -2.06. The molecule has 0 aromatic heterocycles. The lowest BCUT2D eigenvalue weighted by Crippen LogP contribution is -2.19. The van der Waals surface area contributed by atoms with Gasteiger partial charge in [0.2, 0.25) is 0 Å². The van der Waals surface area contributed by atoms with Crippen LogP contribution in [-0.2, 0) is 0 Å². The Hall–Kier alpha value is -2.42. The Morgan fingerprint density at radius 3 is 2.35 bits per heavy atom. The van der Waals surface area contributed by atoms with Crippen molar-refractivity contribution in [3.63, 3.8) is 0 Å². The van der Waals surface area contributed by atoms with Crippen molar-refractivity contribution < 1.29 is 4.79 Å². The summed E-state index contributed by atoms with van der Waals surface area (Å²) in [5.41, 5.74) is 4.65. The van der Waals surface area contributed by atoms with Crippen molar-refractivity contribution in [3.05, 3.63) is 64.7 Å². The molecule has 3 nitrogen and oxygen atoms in total. The van der Waals surface area contributed by atoms with Crippen LogP contribution in [0.15, 0.2) is 47.5 Å². The topological polar surface area (TPSA) is 41.5 Å². The van der Waals surface area contributed by atoms with Crippen molar-refractivity contribution in [3.8, 4) is 0 Å². The number of amides is 1. The van der Waals surface area contributed by atoms with Crippen LogP contribution in [0.4, 0.5) is 5.69 Å². The second-order valence-corrected chi connectivity index (χ2v) is 4.66. The molecule has 0 atom stereocenters. The first-order chi connectivity index (χ1) is 9.63. The molecular weight excluding hydrogens is 248 g/mol. The first-order valence-corrected chi connectivity index (χ1v) is 6.55. The van der Waals surface area contributed by atoms with Crippen LogP contribution < -0.4 is 5.32 Å². The van der Waals surface area contributed by atoms with Gasteiger partial charge in [-0.15, -0.1) is 0 Å². The fourth-order valence-electron chi connectivity index (χ4n) is 2.09. The summed E-state index contributed by atoms with van der Waals surface area (Å²) < 4.78 is 0. The maximum atomic E-state index is 11.8. The Kier molecular flexibility index (Phi) is 4.31. The average molecular weight is 266 g/mol. The molecule has 0 aliphatic heterocycles. The van der Waals surface area contributed by atoms with Gasteiger partial charge in [-0.3, -0.25) is 9.79 Å². The molecule has 1 N–H and O–H groups in total. The quantitative estimate of drug-likeness (QED) is 0.850. The van der Waals surface area contributed by atoms with Crippen molar-refractivity contribution in [2.75, 3.05) is 7.05 Å². The van der Waals surface area contributed by atoms with Gasteiger partial charge in [0.1, 0.15) is 0 Å². The molecule has 0 saturated carbocycles. The molecule has 2 aromatic rings. The fraction of sp³-hybridized carbons (Fsp3) is 0.176. The van der Waals surface area contributed by atoms with Gasteiger partial charge in [0, 0.05) is 24.4 Å². The highest BCUT2D eigenvalue weighted by Gasteiger charge is 2.07. The van der Waals surface area contributed by atoms with E-state index >= 15 is 0 Å². The zero-order valence-electron chi connectivity index (χ0n) is 12.0. The van der Waals surface area contributed by atoms with Crippen molar-refractivity contribution in [1.82, 2.24) is 5.32 Å². The van der Waals surface area contributed by atoms with Gasteiger partial charge < -0.3 is 5.32 Å². The van der Waals surface area contributed by atoms with E-state index in [0.717, 1.165) is 22.4 Å². The Labute approximate surface area is 119 Å². The number of hydrogen-bond donors (Lipinski definition) is 1. The first kappa shape index (κ1) is 14.0. The van der Waals surface area contributed by atoms with E-state index in [1.807, 2.05) is 50.2 Å². The SMILES string of the molecule is CNC(=O)c1ccccc1C=Nc1c(C)cccc1C. The molecule has 0 unspecified atom stereocenters. The van der Waals surface area contributed by atoms with Crippen molar-refractivity contribution in [2.45, 2.75) is 13.8 Å². The predicted octanol–water partition coefficient (Wildman–Crippen LogP) is 3.41. The Bertz CT molecular complexity index is 640. The van der Waals surface area contributed by atoms with Crippen molar-refractivity contribution in [2.24, 2.45) is 4.99 Å². The third kappa shape index (κ3) is 2.94. The number of hydrogen-bond acceptors (Lipinski definition) is 2. The van der Waals surface area contributed by atoms with Gasteiger partial charge in [0.25, 0.3) is 5.91 Å². The van der Waals surface area contributed by atoms with E-state index in [1.54, 1.807) is 19.3 Å². The molecule has 2 aromatic carbocycles. The van der Waals surface area contributed by atoms with E-state index in [9.17, 15) is 4.79 Å². The summed E-state index contributed by atoms with van der Waals surface area (Å²) in [5, 5.41) is 2.64. The third-order valence-corrected chi connectivity index (χ3v) is 3.20. The molecule has 1 amide bonds. The lowest BCUT2D eigenvalue weighted by atomic mass is 10.1. The minimum Gasteiger partial charge on any atom is -0.355 e. The molecule has 0 aliphatic carbocycles. The smallest absolute Gasteiger partial charge is 0.251 e. The van der Waals surface area contributed by atoms with E-state index in [1.165, 1.54) is 0 Å². The number of benzene rings is 2. The molecule has 0 saturated heterocycles. The molecule has 20 heavy (non-hydrogen) atoms. The lowest BCUT2D eigenvalue weighted by molar-refractivity contribution is 0.0963. The first-order valence-electron chi connectivity index (χ1n) is 6.55. The van der Waals surface area contributed by atoms with Gasteiger partial charge in [-0.2, -0.15) is 0 Å². The summed E-state index contributed by atoms with van der Waals surface area (Å²) in [6.45, 7) is 4.06. The zero-order chi connectivity index (χ0) is 14.5. The van der Waals surface area contributed by atoms with Crippen LogP contribution >= 0.6 is 0 Å². The molecule has 0 bridgehead atoms. The predicted molar refractivity (Wildman–Crippen MR) is 83.0 cm³/mol. The van der Waals surface area contributed by atoms with Crippen LogP contribution in [0, 0.1) is 13.8 Å². The van der Waals surface area contributed by atoms with Crippen LogP contribution in [0.25, 0.3) is 0 Å². The summed E-state index contributed by atoms with van der Waals surface area (Å²) >= 11 is 0. The summed E-state index contributed by atoms with van der Waals surface area (Å²) in [5.74, 6) is -0.103. The van der Waals surface area contributed by atoms with Crippen LogP contribution in [-0.4, -0.2) is 19.2 Å². The van der Waals surface area contributed by atoms with E-state index in [4.69, 9.17) is 0 Å². The van der Waals surface area contributed by atoms with Crippen LogP contribution in [0.3, 0.4) is 0 Å². The van der Waals surface area contributed by atoms with Gasteiger partial charge in [0.15, 0.2) is 0 Å². The Balaban J connectivity index is 2.40. The normalized spacial score (nSPS) is 10.8. The summed E-state index contributed by atoms with van der Waals surface area (Å²) in [4.78, 5) is 16.4. The summed E-state index contributed by atoms with van der Waals surface area (Å²) in [6, 6.07) is 13.5. The number of rotatable bonds is 3. The standard InChI is InChI=1S/C17H18N2O/c1-12-7-6-8-13(2)16(12)19-11-14-9-4-5-10-15(14)17(20)18-3/h4-11H,1-3H3,(H,18,20). The molecule has 3 heteroatoms. The zero-order valence-corrected chi connectivity index (χ0v) is 12.0. The maximum Gasteiger partial charge on any atom is 0.251 e. The number of carbonyl (C=O) groups is 1. The van der Waals surface area contributed by atoms with Gasteiger partial charge in [-0.25, -0.2) is 0 Å². The van der Waals surface area contributed by atoms with Gasteiger partial charge in [-0.1, -0.05) is 36.4 Å². The Morgan fingerprint density at radius 2 is 1.70 bits per heavy atom. The maximum absolute atomic E-state index is 11.8.